The summed E-state index contributed by atoms with van der Waals surface area (Å²) in [7, 11) is 1.68. The number of hydrogen-bond acceptors (Lipinski definition) is 3. The summed E-state index contributed by atoms with van der Waals surface area (Å²) in [6, 6.07) is 0. The lowest BCUT2D eigenvalue weighted by atomic mass is 10.1. The van der Waals surface area contributed by atoms with E-state index in [0.29, 0.717) is 25.8 Å². The molecule has 0 rings (SSSR count). The minimum atomic E-state index is -0.217. The molecule has 0 N–H and O–H groups in total. The molecule has 4 nitrogen and oxygen atoms in total. The Bertz CT molecular complexity index is 794. The van der Waals surface area contributed by atoms with Crippen molar-refractivity contribution in [2.24, 2.45) is 0 Å². The number of hydrogen-bond donors (Lipinski definition) is 0. The number of rotatable bonds is 20. The van der Waals surface area contributed by atoms with Crippen LogP contribution in [0.2, 0.25) is 0 Å². The van der Waals surface area contributed by atoms with Crippen LogP contribution < -0.4 is 0 Å². The van der Waals surface area contributed by atoms with Gasteiger partial charge in [0, 0.05) is 32.5 Å². The molecule has 0 fully saturated rings. The largest absolute Gasteiger partial charge is 0.342 e. The van der Waals surface area contributed by atoms with Gasteiger partial charge < -0.3 is 4.90 Å². The van der Waals surface area contributed by atoms with Gasteiger partial charge >= 0.3 is 0 Å². The molecule has 0 aliphatic carbocycles. The SMILES string of the molecule is CC/C=C\C/C=C\C/C=C\C/C=C\C/C=C\C/C=C\CCC(=O)CCCN(C)C(=O)/C=C/C(C)=O. The zero-order chi connectivity index (χ0) is 26.0. The third-order valence-corrected chi connectivity index (χ3v) is 4.97. The van der Waals surface area contributed by atoms with E-state index < -0.39 is 0 Å². The van der Waals surface area contributed by atoms with Crippen LogP contribution in [-0.2, 0) is 14.4 Å². The quantitative estimate of drug-likeness (QED) is 0.135. The van der Waals surface area contributed by atoms with Crippen LogP contribution in [0.5, 0.6) is 0 Å². The maximum Gasteiger partial charge on any atom is 0.246 e. The average molecular weight is 480 g/mol. The zero-order valence-electron chi connectivity index (χ0n) is 22.0. The first-order valence-corrected chi connectivity index (χ1v) is 12.8. The second kappa shape index (κ2) is 24.1. The molecule has 0 spiro atoms. The second-order valence-corrected chi connectivity index (χ2v) is 8.30. The number of Topliss-reactive ketones (excluding diaryl/α,β-unsaturated/α-hetero) is 1. The molecular weight excluding hydrogens is 434 g/mol. The highest BCUT2D eigenvalue weighted by molar-refractivity contribution is 5.96. The molecule has 0 unspecified atom stereocenters. The summed E-state index contributed by atoms with van der Waals surface area (Å²) in [4.78, 5) is 36.1. The van der Waals surface area contributed by atoms with Crippen molar-refractivity contribution in [2.45, 2.75) is 78.1 Å². The van der Waals surface area contributed by atoms with Crippen molar-refractivity contribution in [3.63, 3.8) is 0 Å². The Morgan fingerprint density at radius 2 is 1.09 bits per heavy atom. The molecule has 1 amide bonds. The first-order chi connectivity index (χ1) is 17.0. The van der Waals surface area contributed by atoms with Gasteiger partial charge in [0.1, 0.15) is 5.78 Å². The minimum Gasteiger partial charge on any atom is -0.342 e. The van der Waals surface area contributed by atoms with E-state index in [0.717, 1.165) is 44.9 Å². The molecule has 192 valence electrons. The molecule has 0 aliphatic heterocycles. The van der Waals surface area contributed by atoms with E-state index in [1.165, 1.54) is 24.0 Å². The molecule has 0 radical (unpaired) electrons. The highest BCUT2D eigenvalue weighted by Crippen LogP contribution is 2.03. The fourth-order valence-electron chi connectivity index (χ4n) is 2.95. The number of allylic oxidation sites excluding steroid dienone is 13. The fourth-order valence-corrected chi connectivity index (χ4v) is 2.95. The van der Waals surface area contributed by atoms with Crippen molar-refractivity contribution in [3.05, 3.63) is 85.1 Å². The summed E-state index contributed by atoms with van der Waals surface area (Å²) in [6.07, 6.45) is 36.8. The van der Waals surface area contributed by atoms with Crippen LogP contribution in [0.4, 0.5) is 0 Å². The van der Waals surface area contributed by atoms with Crippen LogP contribution in [0.3, 0.4) is 0 Å². The van der Waals surface area contributed by atoms with Crippen molar-refractivity contribution in [1.82, 2.24) is 4.90 Å². The van der Waals surface area contributed by atoms with Gasteiger partial charge in [0.05, 0.1) is 0 Å². The summed E-state index contributed by atoms with van der Waals surface area (Å²) in [5, 5.41) is 0. The molecule has 0 heterocycles. The number of likely N-dealkylation sites (N-methyl/N-ethyl adjacent to an activating group) is 1. The van der Waals surface area contributed by atoms with E-state index in [9.17, 15) is 14.4 Å². The highest BCUT2D eigenvalue weighted by atomic mass is 16.2. The maximum absolute atomic E-state index is 12.0. The molecule has 0 bridgehead atoms. The van der Waals surface area contributed by atoms with Gasteiger partial charge in [0.25, 0.3) is 0 Å². The molecule has 4 heteroatoms. The Morgan fingerprint density at radius 3 is 1.54 bits per heavy atom. The predicted molar refractivity (Wildman–Crippen MR) is 149 cm³/mol. The second-order valence-electron chi connectivity index (χ2n) is 8.30. The first kappa shape index (κ1) is 32.0. The Labute approximate surface area is 213 Å². The molecule has 0 saturated carbocycles. The summed E-state index contributed by atoms with van der Waals surface area (Å²) in [6.45, 7) is 4.06. The van der Waals surface area contributed by atoms with Crippen molar-refractivity contribution >= 4 is 17.5 Å². The molecular formula is C31H45NO3. The van der Waals surface area contributed by atoms with Gasteiger partial charge in [0.2, 0.25) is 5.91 Å². The van der Waals surface area contributed by atoms with Gasteiger partial charge in [-0.3, -0.25) is 14.4 Å². The normalized spacial score (nSPS) is 12.7. The van der Waals surface area contributed by atoms with Crippen molar-refractivity contribution in [2.75, 3.05) is 13.6 Å². The van der Waals surface area contributed by atoms with E-state index in [-0.39, 0.29) is 17.5 Å². The van der Waals surface area contributed by atoms with Gasteiger partial charge in [-0.1, -0.05) is 79.8 Å². The Balaban J connectivity index is 3.73. The Morgan fingerprint density at radius 1 is 0.629 bits per heavy atom. The van der Waals surface area contributed by atoms with E-state index in [4.69, 9.17) is 0 Å². The third-order valence-electron chi connectivity index (χ3n) is 4.97. The summed E-state index contributed by atoms with van der Waals surface area (Å²) in [5.41, 5.74) is 0. The van der Waals surface area contributed by atoms with Gasteiger partial charge in [-0.05, 0) is 64.4 Å². The van der Waals surface area contributed by atoms with Gasteiger partial charge in [-0.25, -0.2) is 0 Å². The molecule has 0 atom stereocenters. The average Bonchev–Trinajstić information content (AvgIpc) is 2.83. The lowest BCUT2D eigenvalue weighted by molar-refractivity contribution is -0.125. The topological polar surface area (TPSA) is 54.5 Å². The summed E-state index contributed by atoms with van der Waals surface area (Å²) < 4.78 is 0. The third kappa shape index (κ3) is 23.9. The van der Waals surface area contributed by atoms with Crippen LogP contribution in [0.1, 0.15) is 78.1 Å². The molecule has 0 aromatic rings. The fraction of sp³-hybridized carbons (Fsp3) is 0.452. The molecule has 35 heavy (non-hydrogen) atoms. The molecule has 0 aliphatic rings. The van der Waals surface area contributed by atoms with Gasteiger partial charge in [-0.2, -0.15) is 0 Å². The van der Waals surface area contributed by atoms with Crippen LogP contribution in [0.15, 0.2) is 85.1 Å². The first-order valence-electron chi connectivity index (χ1n) is 12.8. The van der Waals surface area contributed by atoms with Crippen molar-refractivity contribution in [3.8, 4) is 0 Å². The molecule has 0 aromatic heterocycles. The molecule has 0 saturated heterocycles. The van der Waals surface area contributed by atoms with Crippen LogP contribution >= 0.6 is 0 Å². The summed E-state index contributed by atoms with van der Waals surface area (Å²) in [5.74, 6) is -0.161. The van der Waals surface area contributed by atoms with Crippen LogP contribution in [0.25, 0.3) is 0 Å². The lowest BCUT2D eigenvalue weighted by Crippen LogP contribution is -2.26. The number of carbonyl (C=O) groups excluding carboxylic acids is 3. The van der Waals surface area contributed by atoms with Crippen molar-refractivity contribution in [1.29, 1.82) is 0 Å². The van der Waals surface area contributed by atoms with E-state index in [1.54, 1.807) is 7.05 Å². The van der Waals surface area contributed by atoms with Crippen molar-refractivity contribution < 1.29 is 14.4 Å². The van der Waals surface area contributed by atoms with Crippen LogP contribution in [-0.4, -0.2) is 36.0 Å². The van der Waals surface area contributed by atoms with E-state index in [2.05, 4.69) is 79.8 Å². The number of carbonyl (C=O) groups is 3. The monoisotopic (exact) mass is 479 g/mol. The van der Waals surface area contributed by atoms with E-state index >= 15 is 0 Å². The predicted octanol–water partition coefficient (Wildman–Crippen LogP) is 7.42. The number of nitrogens with zero attached hydrogens (tertiary/aromatic N) is 1. The van der Waals surface area contributed by atoms with Gasteiger partial charge in [0.15, 0.2) is 5.78 Å². The van der Waals surface area contributed by atoms with Crippen LogP contribution in [0, 0.1) is 0 Å². The Hall–Kier alpha value is -3.01. The van der Waals surface area contributed by atoms with E-state index in [1.807, 2.05) is 0 Å². The van der Waals surface area contributed by atoms with Gasteiger partial charge in [-0.15, -0.1) is 0 Å². The Kier molecular flexibility index (Phi) is 22.1. The smallest absolute Gasteiger partial charge is 0.246 e. The summed E-state index contributed by atoms with van der Waals surface area (Å²) >= 11 is 0. The standard InChI is InChI=1S/C31H45NO3/c1-4-5-6-7-8-9-10-11-12-13-14-15-16-17-18-19-20-21-22-24-30(34)25-23-28-32(3)31(35)27-26-29(2)33/h5-6,8-9,11-12,14-15,17-18,20-21,26-27H,4,7,10,13,16,19,22-25,28H2,1-3H3/b6-5-,9-8-,12-11-,15-14-,18-17-,21-20-,27-26+. The zero-order valence-corrected chi connectivity index (χ0v) is 22.0. The molecule has 0 aromatic carbocycles. The minimum absolute atomic E-state index is 0.156. The highest BCUT2D eigenvalue weighted by Gasteiger charge is 2.06. The number of ketones is 2. The lowest BCUT2D eigenvalue weighted by Gasteiger charge is -2.14. The number of amides is 1. The maximum atomic E-state index is 12.0.